The van der Waals surface area contributed by atoms with Crippen LogP contribution in [0.5, 0.6) is 0 Å². The van der Waals surface area contributed by atoms with Crippen LogP contribution in [0.25, 0.3) is 0 Å². The monoisotopic (exact) mass is 286 g/mol. The topological polar surface area (TPSA) is 46.5 Å². The Hall–Kier alpha value is -0.870. The van der Waals surface area contributed by atoms with Crippen molar-refractivity contribution in [2.75, 3.05) is 6.61 Å². The molecule has 0 heterocycles. The molecule has 0 aromatic heterocycles. The molecule has 0 amide bonds. The molecule has 0 saturated carbocycles. The minimum absolute atomic E-state index is 0.169. The lowest BCUT2D eigenvalue weighted by atomic mass is 10.1. The molecule has 0 radical (unpaired) electrons. The normalized spacial score (nSPS) is 10.2. The molecule has 0 bridgehead atoms. The van der Waals surface area contributed by atoms with Gasteiger partial charge in [0.15, 0.2) is 0 Å². The zero-order chi connectivity index (χ0) is 12.0. The minimum atomic E-state index is -0.370. The summed E-state index contributed by atoms with van der Waals surface area (Å²) in [6, 6.07) is 5.13. The smallest absolute Gasteiger partial charge is 0.338 e. The van der Waals surface area contributed by atoms with Crippen LogP contribution in [0, 0.1) is 0 Å². The lowest BCUT2D eigenvalue weighted by Crippen LogP contribution is -2.09. The molecule has 3 nitrogen and oxygen atoms in total. The standard InChI is InChI=1S/C12H15BrO3/c1-2-3-6-16-12(15)11-5-4-10(13)7-9(11)8-14/h4-5,7,14H,2-3,6,8H2,1H3. The molecule has 1 aromatic carbocycles. The highest BCUT2D eigenvalue weighted by Gasteiger charge is 2.12. The van der Waals surface area contributed by atoms with Gasteiger partial charge < -0.3 is 9.84 Å². The highest BCUT2D eigenvalue weighted by atomic mass is 79.9. The van der Waals surface area contributed by atoms with E-state index in [-0.39, 0.29) is 12.6 Å². The van der Waals surface area contributed by atoms with Gasteiger partial charge in [-0.2, -0.15) is 0 Å². The molecule has 88 valence electrons. The van der Waals surface area contributed by atoms with Gasteiger partial charge >= 0.3 is 5.97 Å². The fourth-order valence-electron chi connectivity index (χ4n) is 1.28. The van der Waals surface area contributed by atoms with Crippen LogP contribution in [0.4, 0.5) is 0 Å². The van der Waals surface area contributed by atoms with Crippen LogP contribution in [0.2, 0.25) is 0 Å². The van der Waals surface area contributed by atoms with Crippen molar-refractivity contribution in [1.82, 2.24) is 0 Å². The van der Waals surface area contributed by atoms with Crippen LogP contribution in [-0.4, -0.2) is 17.7 Å². The molecule has 0 fully saturated rings. The fraction of sp³-hybridized carbons (Fsp3) is 0.417. The number of benzene rings is 1. The number of halogens is 1. The van der Waals surface area contributed by atoms with E-state index in [9.17, 15) is 4.79 Å². The average Bonchev–Trinajstić information content (AvgIpc) is 2.29. The zero-order valence-electron chi connectivity index (χ0n) is 9.20. The first-order chi connectivity index (χ1) is 7.69. The van der Waals surface area contributed by atoms with Gasteiger partial charge in [0.25, 0.3) is 0 Å². The summed E-state index contributed by atoms with van der Waals surface area (Å²) in [5.41, 5.74) is 1.01. The van der Waals surface area contributed by atoms with Crippen LogP contribution in [0.1, 0.15) is 35.7 Å². The van der Waals surface area contributed by atoms with Gasteiger partial charge in [-0.25, -0.2) is 4.79 Å². The van der Waals surface area contributed by atoms with E-state index in [0.29, 0.717) is 17.7 Å². The zero-order valence-corrected chi connectivity index (χ0v) is 10.8. The molecule has 16 heavy (non-hydrogen) atoms. The summed E-state index contributed by atoms with van der Waals surface area (Å²) in [7, 11) is 0. The second-order valence-electron chi connectivity index (χ2n) is 3.45. The maximum Gasteiger partial charge on any atom is 0.338 e. The Morgan fingerprint density at radius 3 is 2.88 bits per heavy atom. The van der Waals surface area contributed by atoms with Crippen LogP contribution in [0.15, 0.2) is 22.7 Å². The Morgan fingerprint density at radius 2 is 2.25 bits per heavy atom. The third-order valence-corrected chi connectivity index (χ3v) is 2.68. The van der Waals surface area contributed by atoms with Crippen molar-refractivity contribution in [1.29, 1.82) is 0 Å². The van der Waals surface area contributed by atoms with Crippen LogP contribution in [0.3, 0.4) is 0 Å². The second-order valence-corrected chi connectivity index (χ2v) is 4.36. The molecule has 0 atom stereocenters. The summed E-state index contributed by atoms with van der Waals surface area (Å²) in [5, 5.41) is 9.13. The summed E-state index contributed by atoms with van der Waals surface area (Å²) in [5.74, 6) is -0.370. The number of unbranched alkanes of at least 4 members (excludes halogenated alkanes) is 1. The Labute approximate surface area is 104 Å². The quantitative estimate of drug-likeness (QED) is 0.669. The van der Waals surface area contributed by atoms with E-state index >= 15 is 0 Å². The fourth-order valence-corrected chi connectivity index (χ4v) is 1.69. The van der Waals surface area contributed by atoms with Gasteiger partial charge in [0.05, 0.1) is 18.8 Å². The van der Waals surface area contributed by atoms with Crippen LogP contribution in [-0.2, 0) is 11.3 Å². The molecule has 0 aliphatic carbocycles. The van der Waals surface area contributed by atoms with Crippen LogP contribution >= 0.6 is 15.9 Å². The number of esters is 1. The first kappa shape index (κ1) is 13.2. The lowest BCUT2D eigenvalue weighted by molar-refractivity contribution is 0.0496. The van der Waals surface area contributed by atoms with Crippen molar-refractivity contribution in [3.05, 3.63) is 33.8 Å². The number of aliphatic hydroxyl groups is 1. The number of carbonyl (C=O) groups excluding carboxylic acids is 1. The van der Waals surface area contributed by atoms with E-state index in [4.69, 9.17) is 9.84 Å². The molecule has 1 rings (SSSR count). The van der Waals surface area contributed by atoms with Crippen LogP contribution < -0.4 is 0 Å². The first-order valence-electron chi connectivity index (χ1n) is 5.25. The molecule has 0 unspecified atom stereocenters. The van der Waals surface area contributed by atoms with Crippen molar-refractivity contribution in [2.24, 2.45) is 0 Å². The first-order valence-corrected chi connectivity index (χ1v) is 6.04. The largest absolute Gasteiger partial charge is 0.462 e. The van der Waals surface area contributed by atoms with E-state index in [1.807, 2.05) is 6.92 Å². The van der Waals surface area contributed by atoms with E-state index in [1.54, 1.807) is 18.2 Å². The number of rotatable bonds is 5. The molecule has 0 aliphatic rings. The number of ether oxygens (including phenoxy) is 1. The molecule has 0 saturated heterocycles. The maximum atomic E-state index is 11.7. The Bertz CT molecular complexity index is 363. The second kappa shape index (κ2) is 6.66. The molecule has 1 N–H and O–H groups in total. The van der Waals surface area contributed by atoms with Gasteiger partial charge in [-0.1, -0.05) is 29.3 Å². The lowest BCUT2D eigenvalue weighted by Gasteiger charge is -2.08. The summed E-state index contributed by atoms with van der Waals surface area (Å²) in [6.07, 6.45) is 1.84. The molecule has 0 aliphatic heterocycles. The Morgan fingerprint density at radius 1 is 1.50 bits per heavy atom. The molecule has 0 spiro atoms. The van der Waals surface area contributed by atoms with Crippen molar-refractivity contribution in [3.63, 3.8) is 0 Å². The van der Waals surface area contributed by atoms with Crippen molar-refractivity contribution in [3.8, 4) is 0 Å². The maximum absolute atomic E-state index is 11.7. The van der Waals surface area contributed by atoms with Gasteiger partial charge in [0.1, 0.15) is 0 Å². The third-order valence-electron chi connectivity index (χ3n) is 2.19. The van der Waals surface area contributed by atoms with Crippen molar-refractivity contribution >= 4 is 21.9 Å². The summed E-state index contributed by atoms with van der Waals surface area (Å²) < 4.78 is 5.92. The summed E-state index contributed by atoms with van der Waals surface area (Å²) in [6.45, 7) is 2.29. The minimum Gasteiger partial charge on any atom is -0.462 e. The van der Waals surface area contributed by atoms with E-state index in [1.165, 1.54) is 0 Å². The van der Waals surface area contributed by atoms with E-state index in [0.717, 1.165) is 17.3 Å². The highest BCUT2D eigenvalue weighted by molar-refractivity contribution is 9.10. The SMILES string of the molecule is CCCCOC(=O)c1ccc(Br)cc1CO. The summed E-state index contributed by atoms with van der Waals surface area (Å²) in [4.78, 5) is 11.7. The van der Waals surface area contributed by atoms with E-state index < -0.39 is 0 Å². The molecular formula is C12H15BrO3. The predicted octanol–water partition coefficient (Wildman–Crippen LogP) is 2.90. The van der Waals surface area contributed by atoms with Gasteiger partial charge in [0.2, 0.25) is 0 Å². The van der Waals surface area contributed by atoms with Gasteiger partial charge in [-0.3, -0.25) is 0 Å². The molecular weight excluding hydrogens is 272 g/mol. The van der Waals surface area contributed by atoms with Gasteiger partial charge in [0, 0.05) is 4.47 Å². The molecule has 1 aromatic rings. The number of carbonyl (C=O) groups is 1. The Balaban J connectivity index is 2.74. The molecule has 4 heteroatoms. The predicted molar refractivity (Wildman–Crippen MR) is 65.3 cm³/mol. The average molecular weight is 287 g/mol. The van der Waals surface area contributed by atoms with Gasteiger partial charge in [-0.15, -0.1) is 0 Å². The summed E-state index contributed by atoms with van der Waals surface area (Å²) >= 11 is 3.29. The number of hydrogen-bond donors (Lipinski definition) is 1. The Kier molecular flexibility index (Phi) is 5.49. The highest BCUT2D eigenvalue weighted by Crippen LogP contribution is 2.17. The third kappa shape index (κ3) is 3.61. The van der Waals surface area contributed by atoms with Crippen molar-refractivity contribution in [2.45, 2.75) is 26.4 Å². The van der Waals surface area contributed by atoms with E-state index in [2.05, 4.69) is 15.9 Å². The van der Waals surface area contributed by atoms with Crippen molar-refractivity contribution < 1.29 is 14.6 Å². The number of aliphatic hydroxyl groups excluding tert-OH is 1. The van der Waals surface area contributed by atoms with Gasteiger partial charge in [-0.05, 0) is 30.2 Å². The number of hydrogen-bond acceptors (Lipinski definition) is 3.